The van der Waals surface area contributed by atoms with Crippen molar-refractivity contribution in [3.8, 4) is 6.01 Å². The lowest BCUT2D eigenvalue weighted by atomic mass is 10.1. The van der Waals surface area contributed by atoms with Crippen molar-refractivity contribution in [3.63, 3.8) is 0 Å². The zero-order chi connectivity index (χ0) is 20.3. The average Bonchev–Trinajstić information content (AvgIpc) is 3.40. The van der Waals surface area contributed by atoms with Crippen molar-refractivity contribution in [2.24, 2.45) is 0 Å². The number of hydrogen-bond acceptors (Lipinski definition) is 7. The molecular formula is C21H20N8O. The van der Waals surface area contributed by atoms with Crippen LogP contribution in [-0.2, 0) is 6.42 Å². The third-order valence-electron chi connectivity index (χ3n) is 4.85. The predicted molar refractivity (Wildman–Crippen MR) is 116 cm³/mol. The molecule has 0 aliphatic rings. The summed E-state index contributed by atoms with van der Waals surface area (Å²) in [5.41, 5.74) is 4.14. The molecule has 0 saturated heterocycles. The second-order valence-corrected chi connectivity index (χ2v) is 6.80. The van der Waals surface area contributed by atoms with Crippen LogP contribution in [0.3, 0.4) is 0 Å². The van der Waals surface area contributed by atoms with Gasteiger partial charge in [-0.2, -0.15) is 20.1 Å². The third kappa shape index (κ3) is 3.60. The first kappa shape index (κ1) is 17.9. The van der Waals surface area contributed by atoms with E-state index in [1.165, 1.54) is 18.1 Å². The Morgan fingerprint density at radius 1 is 1.00 bits per heavy atom. The number of anilines is 3. The highest BCUT2D eigenvalue weighted by Crippen LogP contribution is 2.21. The fraction of sp³-hybridized carbons (Fsp3) is 0.143. The summed E-state index contributed by atoms with van der Waals surface area (Å²) in [5, 5.41) is 15.7. The highest BCUT2D eigenvalue weighted by Gasteiger charge is 2.09. The van der Waals surface area contributed by atoms with Gasteiger partial charge in [-0.15, -0.1) is 0 Å². The first-order chi connectivity index (χ1) is 14.8. The van der Waals surface area contributed by atoms with Gasteiger partial charge >= 0.3 is 6.01 Å². The summed E-state index contributed by atoms with van der Waals surface area (Å²) in [5.74, 6) is 0.849. The molecule has 0 radical (unpaired) electrons. The zero-order valence-electron chi connectivity index (χ0n) is 16.3. The lowest BCUT2D eigenvalue weighted by molar-refractivity contribution is 0.379. The molecule has 0 aliphatic carbocycles. The summed E-state index contributed by atoms with van der Waals surface area (Å²) in [6, 6.07) is 14.4. The van der Waals surface area contributed by atoms with Gasteiger partial charge in [-0.25, -0.2) is 0 Å². The Morgan fingerprint density at radius 3 is 2.83 bits per heavy atom. The minimum Gasteiger partial charge on any atom is -0.467 e. The van der Waals surface area contributed by atoms with Crippen LogP contribution >= 0.6 is 0 Å². The number of benzene rings is 2. The maximum absolute atomic E-state index is 5.24. The monoisotopic (exact) mass is 400 g/mol. The molecule has 30 heavy (non-hydrogen) atoms. The van der Waals surface area contributed by atoms with E-state index in [1.807, 2.05) is 36.5 Å². The highest BCUT2D eigenvalue weighted by atomic mass is 16.5. The van der Waals surface area contributed by atoms with Crippen LogP contribution in [0.2, 0.25) is 0 Å². The van der Waals surface area contributed by atoms with E-state index in [0.29, 0.717) is 18.4 Å². The van der Waals surface area contributed by atoms with Gasteiger partial charge in [-0.05, 0) is 36.2 Å². The number of para-hydroxylation sites is 1. The molecule has 9 nitrogen and oxygen atoms in total. The van der Waals surface area contributed by atoms with Crippen molar-refractivity contribution in [1.29, 1.82) is 0 Å². The Morgan fingerprint density at radius 2 is 1.90 bits per heavy atom. The van der Waals surface area contributed by atoms with E-state index < -0.39 is 0 Å². The molecule has 0 unspecified atom stereocenters. The maximum Gasteiger partial charge on any atom is 0.322 e. The number of aromatic amines is 2. The Kier molecular flexibility index (Phi) is 4.60. The molecule has 5 rings (SSSR count). The van der Waals surface area contributed by atoms with Gasteiger partial charge in [-0.1, -0.05) is 18.2 Å². The van der Waals surface area contributed by atoms with Crippen LogP contribution in [0.5, 0.6) is 6.01 Å². The lowest BCUT2D eigenvalue weighted by Gasteiger charge is -2.09. The van der Waals surface area contributed by atoms with E-state index in [-0.39, 0.29) is 6.01 Å². The Hall–Kier alpha value is -4.14. The summed E-state index contributed by atoms with van der Waals surface area (Å²) in [6.07, 6.45) is 4.65. The second-order valence-electron chi connectivity index (χ2n) is 6.80. The normalized spacial score (nSPS) is 11.1. The molecule has 9 heteroatoms. The SMILES string of the molecule is COc1nc(NCCc2c[nH]c3ccccc23)nc(Nc2ccc3cn[nH]c3c2)n1. The fourth-order valence-corrected chi connectivity index (χ4v) is 3.37. The minimum atomic E-state index is 0.240. The van der Waals surface area contributed by atoms with Crippen LogP contribution in [0.4, 0.5) is 17.6 Å². The lowest BCUT2D eigenvalue weighted by Crippen LogP contribution is -2.11. The number of hydrogen-bond donors (Lipinski definition) is 4. The topological polar surface area (TPSA) is 116 Å². The number of rotatable bonds is 7. The van der Waals surface area contributed by atoms with Crippen LogP contribution in [0, 0.1) is 0 Å². The predicted octanol–water partition coefficient (Wildman–Crippen LogP) is 3.64. The van der Waals surface area contributed by atoms with Gasteiger partial charge in [0.2, 0.25) is 11.9 Å². The summed E-state index contributed by atoms with van der Waals surface area (Å²) in [6.45, 7) is 0.675. The summed E-state index contributed by atoms with van der Waals surface area (Å²) < 4.78 is 5.24. The van der Waals surface area contributed by atoms with Crippen molar-refractivity contribution in [2.75, 3.05) is 24.3 Å². The molecule has 0 aliphatic heterocycles. The third-order valence-corrected chi connectivity index (χ3v) is 4.85. The molecule has 0 saturated carbocycles. The van der Waals surface area contributed by atoms with E-state index in [0.717, 1.165) is 28.5 Å². The molecule has 0 amide bonds. The van der Waals surface area contributed by atoms with Crippen molar-refractivity contribution < 1.29 is 4.74 Å². The van der Waals surface area contributed by atoms with E-state index in [9.17, 15) is 0 Å². The number of fused-ring (bicyclic) bond motifs is 2. The van der Waals surface area contributed by atoms with Crippen molar-refractivity contribution in [1.82, 2.24) is 30.1 Å². The molecule has 4 N–H and O–H groups in total. The molecular weight excluding hydrogens is 380 g/mol. The zero-order valence-corrected chi connectivity index (χ0v) is 16.3. The Labute approximate surface area is 171 Å². The van der Waals surface area contributed by atoms with Gasteiger partial charge in [-0.3, -0.25) is 5.10 Å². The number of ether oxygens (including phenoxy) is 1. The first-order valence-electron chi connectivity index (χ1n) is 9.57. The standard InChI is InChI=1S/C21H20N8O/c1-30-21-27-19(22-9-8-13-11-23-17-5-3-2-4-16(13)17)26-20(28-21)25-15-7-6-14-12-24-29-18(14)10-15/h2-7,10-12,23H,8-9H2,1H3,(H,24,29)(H2,22,25,26,27,28). The van der Waals surface area contributed by atoms with Gasteiger partial charge < -0.3 is 20.4 Å². The summed E-state index contributed by atoms with van der Waals surface area (Å²) >= 11 is 0. The highest BCUT2D eigenvalue weighted by molar-refractivity contribution is 5.83. The Bertz CT molecular complexity index is 1310. The number of H-pyrrole nitrogens is 2. The fourth-order valence-electron chi connectivity index (χ4n) is 3.37. The smallest absolute Gasteiger partial charge is 0.322 e. The molecule has 0 bridgehead atoms. The van der Waals surface area contributed by atoms with E-state index in [2.05, 4.69) is 52.9 Å². The number of nitrogens with zero attached hydrogens (tertiary/aromatic N) is 4. The molecule has 3 aromatic heterocycles. The van der Waals surface area contributed by atoms with E-state index in [4.69, 9.17) is 4.74 Å². The molecule has 0 fully saturated rings. The number of nitrogens with one attached hydrogen (secondary N) is 4. The van der Waals surface area contributed by atoms with Gasteiger partial charge in [0, 0.05) is 34.7 Å². The van der Waals surface area contributed by atoms with Crippen LogP contribution in [0.1, 0.15) is 5.56 Å². The van der Waals surface area contributed by atoms with E-state index >= 15 is 0 Å². The van der Waals surface area contributed by atoms with Crippen molar-refractivity contribution in [2.45, 2.75) is 6.42 Å². The quantitative estimate of drug-likeness (QED) is 0.330. The summed E-state index contributed by atoms with van der Waals surface area (Å²) in [7, 11) is 1.53. The number of methoxy groups -OCH3 is 1. The Balaban J connectivity index is 1.31. The molecule has 0 spiro atoms. The van der Waals surface area contributed by atoms with Crippen molar-refractivity contribution in [3.05, 3.63) is 60.4 Å². The molecule has 2 aromatic carbocycles. The summed E-state index contributed by atoms with van der Waals surface area (Å²) in [4.78, 5) is 16.3. The molecule has 5 aromatic rings. The molecule has 3 heterocycles. The van der Waals surface area contributed by atoms with Crippen LogP contribution < -0.4 is 15.4 Å². The minimum absolute atomic E-state index is 0.240. The largest absolute Gasteiger partial charge is 0.467 e. The van der Waals surface area contributed by atoms with Crippen LogP contribution in [0.15, 0.2) is 54.9 Å². The average molecular weight is 400 g/mol. The van der Waals surface area contributed by atoms with Gasteiger partial charge in [0.25, 0.3) is 0 Å². The first-order valence-corrected chi connectivity index (χ1v) is 9.57. The van der Waals surface area contributed by atoms with Crippen LogP contribution in [-0.4, -0.2) is 43.8 Å². The second kappa shape index (κ2) is 7.70. The van der Waals surface area contributed by atoms with Crippen LogP contribution in [0.25, 0.3) is 21.8 Å². The molecule has 150 valence electrons. The maximum atomic E-state index is 5.24. The number of aromatic nitrogens is 6. The van der Waals surface area contributed by atoms with Gasteiger partial charge in [0.15, 0.2) is 0 Å². The van der Waals surface area contributed by atoms with Gasteiger partial charge in [0.1, 0.15) is 0 Å². The molecule has 0 atom stereocenters. The van der Waals surface area contributed by atoms with Gasteiger partial charge in [0.05, 0.1) is 18.8 Å². The van der Waals surface area contributed by atoms with Crippen molar-refractivity contribution >= 4 is 39.4 Å². The van der Waals surface area contributed by atoms with E-state index in [1.54, 1.807) is 6.20 Å².